The SMILES string of the molecule is CCCc1cc(=O)oc2cc(OC(=O)CCNS(=O)(=O)c3ccc(C)cc3)ccc12. The third-order valence-electron chi connectivity index (χ3n) is 4.51. The van der Waals surface area contributed by atoms with Crippen LogP contribution < -0.4 is 15.1 Å². The lowest BCUT2D eigenvalue weighted by molar-refractivity contribution is -0.134. The number of aryl methyl sites for hydroxylation is 2. The molecule has 0 atom stereocenters. The van der Waals surface area contributed by atoms with E-state index >= 15 is 0 Å². The molecule has 1 N–H and O–H groups in total. The van der Waals surface area contributed by atoms with Gasteiger partial charge in [-0.05, 0) is 43.2 Å². The van der Waals surface area contributed by atoms with Gasteiger partial charge in [-0.1, -0.05) is 31.0 Å². The maximum absolute atomic E-state index is 12.2. The topological polar surface area (TPSA) is 103 Å². The molecular weight excluding hydrogens is 406 g/mol. The van der Waals surface area contributed by atoms with Crippen molar-refractivity contribution in [1.29, 1.82) is 0 Å². The van der Waals surface area contributed by atoms with Crippen LogP contribution in [0.2, 0.25) is 0 Å². The van der Waals surface area contributed by atoms with E-state index in [2.05, 4.69) is 4.72 Å². The van der Waals surface area contributed by atoms with Crippen molar-refractivity contribution in [3.63, 3.8) is 0 Å². The van der Waals surface area contributed by atoms with Gasteiger partial charge in [0.15, 0.2) is 0 Å². The van der Waals surface area contributed by atoms with Gasteiger partial charge in [-0.2, -0.15) is 0 Å². The van der Waals surface area contributed by atoms with Crippen LogP contribution in [0.5, 0.6) is 5.75 Å². The standard InChI is InChI=1S/C22H23NO6S/c1-3-4-16-13-22(25)29-20-14-17(7-10-19(16)20)28-21(24)11-12-23-30(26,27)18-8-5-15(2)6-9-18/h5-10,13-14,23H,3-4,11-12H2,1-2H3. The van der Waals surface area contributed by atoms with Crippen LogP contribution in [-0.2, 0) is 21.2 Å². The molecule has 8 heteroatoms. The fourth-order valence-electron chi connectivity index (χ4n) is 3.02. The van der Waals surface area contributed by atoms with Crippen LogP contribution in [-0.4, -0.2) is 20.9 Å². The summed E-state index contributed by atoms with van der Waals surface area (Å²) in [5.41, 5.74) is 1.72. The molecule has 2 aromatic carbocycles. The third-order valence-corrected chi connectivity index (χ3v) is 5.98. The van der Waals surface area contributed by atoms with E-state index in [1.165, 1.54) is 24.3 Å². The minimum absolute atomic E-state index is 0.0989. The summed E-state index contributed by atoms with van der Waals surface area (Å²) in [6.45, 7) is 3.78. The van der Waals surface area contributed by atoms with Crippen molar-refractivity contribution in [2.45, 2.75) is 38.0 Å². The highest BCUT2D eigenvalue weighted by Crippen LogP contribution is 2.23. The molecule has 1 aromatic heterocycles. The Morgan fingerprint density at radius 2 is 1.83 bits per heavy atom. The molecule has 0 amide bonds. The van der Waals surface area contributed by atoms with E-state index in [4.69, 9.17) is 9.15 Å². The number of sulfonamides is 1. The molecule has 0 aliphatic heterocycles. The van der Waals surface area contributed by atoms with Crippen molar-refractivity contribution in [3.8, 4) is 5.75 Å². The molecular formula is C22H23NO6S. The number of carbonyl (C=O) groups is 1. The maximum Gasteiger partial charge on any atom is 0.336 e. The first-order chi connectivity index (χ1) is 14.3. The first-order valence-corrected chi connectivity index (χ1v) is 11.1. The van der Waals surface area contributed by atoms with Gasteiger partial charge in [0.2, 0.25) is 10.0 Å². The van der Waals surface area contributed by atoms with E-state index in [1.54, 1.807) is 24.3 Å². The lowest BCUT2D eigenvalue weighted by atomic mass is 10.1. The van der Waals surface area contributed by atoms with Gasteiger partial charge in [-0.3, -0.25) is 4.79 Å². The Morgan fingerprint density at radius 3 is 2.53 bits per heavy atom. The number of carbonyl (C=O) groups excluding carboxylic acids is 1. The molecule has 0 saturated carbocycles. The molecule has 0 radical (unpaired) electrons. The lowest BCUT2D eigenvalue weighted by Gasteiger charge is -2.09. The largest absolute Gasteiger partial charge is 0.426 e. The van der Waals surface area contributed by atoms with Crippen LogP contribution in [0.25, 0.3) is 11.0 Å². The quantitative estimate of drug-likeness (QED) is 0.335. The summed E-state index contributed by atoms with van der Waals surface area (Å²) < 4.78 is 37.3. The van der Waals surface area contributed by atoms with E-state index < -0.39 is 21.6 Å². The first-order valence-electron chi connectivity index (χ1n) is 9.62. The Morgan fingerprint density at radius 1 is 1.10 bits per heavy atom. The second-order valence-corrected chi connectivity index (χ2v) is 8.70. The van der Waals surface area contributed by atoms with Gasteiger partial charge >= 0.3 is 11.6 Å². The van der Waals surface area contributed by atoms with Crippen molar-refractivity contribution in [2.75, 3.05) is 6.54 Å². The Bertz CT molecular complexity index is 1210. The molecule has 1 heterocycles. The number of benzene rings is 2. The molecule has 0 fully saturated rings. The molecule has 0 unspecified atom stereocenters. The predicted molar refractivity (Wildman–Crippen MR) is 113 cm³/mol. The smallest absolute Gasteiger partial charge is 0.336 e. The van der Waals surface area contributed by atoms with Crippen molar-refractivity contribution in [2.24, 2.45) is 0 Å². The average Bonchev–Trinajstić information content (AvgIpc) is 2.68. The van der Waals surface area contributed by atoms with Crippen molar-refractivity contribution in [3.05, 3.63) is 70.1 Å². The number of hydrogen-bond acceptors (Lipinski definition) is 6. The zero-order valence-electron chi connectivity index (χ0n) is 16.8. The Kier molecular flexibility index (Phi) is 6.69. The van der Waals surface area contributed by atoms with E-state index in [1.807, 2.05) is 13.8 Å². The molecule has 0 aliphatic rings. The lowest BCUT2D eigenvalue weighted by Crippen LogP contribution is -2.27. The number of hydrogen-bond donors (Lipinski definition) is 1. The summed E-state index contributed by atoms with van der Waals surface area (Å²) in [5, 5.41) is 0.794. The molecule has 30 heavy (non-hydrogen) atoms. The van der Waals surface area contributed by atoms with Gasteiger partial charge in [-0.25, -0.2) is 17.9 Å². The van der Waals surface area contributed by atoms with Crippen LogP contribution >= 0.6 is 0 Å². The predicted octanol–water partition coefficient (Wildman–Crippen LogP) is 3.33. The van der Waals surface area contributed by atoms with E-state index in [9.17, 15) is 18.0 Å². The van der Waals surface area contributed by atoms with Crippen molar-refractivity contribution < 1.29 is 22.4 Å². The maximum atomic E-state index is 12.2. The highest BCUT2D eigenvalue weighted by Gasteiger charge is 2.15. The van der Waals surface area contributed by atoms with Crippen LogP contribution in [0.4, 0.5) is 0 Å². The zero-order chi connectivity index (χ0) is 21.7. The number of esters is 1. The molecule has 0 bridgehead atoms. The molecule has 3 aromatic rings. The van der Waals surface area contributed by atoms with Crippen LogP contribution in [0, 0.1) is 6.92 Å². The van der Waals surface area contributed by atoms with E-state index in [0.29, 0.717) is 5.58 Å². The number of rotatable bonds is 8. The van der Waals surface area contributed by atoms with E-state index in [0.717, 1.165) is 29.4 Å². The second kappa shape index (κ2) is 9.23. The average molecular weight is 429 g/mol. The number of nitrogens with one attached hydrogen (secondary N) is 1. The summed E-state index contributed by atoms with van der Waals surface area (Å²) in [7, 11) is -3.70. The Hall–Kier alpha value is -2.97. The van der Waals surface area contributed by atoms with Crippen LogP contribution in [0.1, 0.15) is 30.9 Å². The highest BCUT2D eigenvalue weighted by atomic mass is 32.2. The number of ether oxygens (including phenoxy) is 1. The Labute approximate surface area is 174 Å². The fraction of sp³-hybridized carbons (Fsp3) is 0.273. The molecule has 0 spiro atoms. The summed E-state index contributed by atoms with van der Waals surface area (Å²) in [4.78, 5) is 24.0. The summed E-state index contributed by atoms with van der Waals surface area (Å²) in [6, 6.07) is 12.7. The minimum Gasteiger partial charge on any atom is -0.426 e. The van der Waals surface area contributed by atoms with Gasteiger partial charge in [0.05, 0.1) is 11.3 Å². The molecule has 158 valence electrons. The fourth-order valence-corrected chi connectivity index (χ4v) is 4.05. The summed E-state index contributed by atoms with van der Waals surface area (Å²) in [6.07, 6.45) is 1.47. The van der Waals surface area contributed by atoms with Crippen molar-refractivity contribution in [1.82, 2.24) is 4.72 Å². The zero-order valence-corrected chi connectivity index (χ0v) is 17.6. The van der Waals surface area contributed by atoms with E-state index in [-0.39, 0.29) is 23.6 Å². The monoisotopic (exact) mass is 429 g/mol. The van der Waals surface area contributed by atoms with Crippen LogP contribution in [0.15, 0.2) is 62.6 Å². The van der Waals surface area contributed by atoms with Gasteiger partial charge in [0.25, 0.3) is 0 Å². The van der Waals surface area contributed by atoms with Gasteiger partial charge in [0.1, 0.15) is 11.3 Å². The van der Waals surface area contributed by atoms with Gasteiger partial charge in [-0.15, -0.1) is 0 Å². The van der Waals surface area contributed by atoms with Crippen LogP contribution in [0.3, 0.4) is 0 Å². The second-order valence-electron chi connectivity index (χ2n) is 6.93. The molecule has 7 nitrogen and oxygen atoms in total. The summed E-state index contributed by atoms with van der Waals surface area (Å²) in [5.74, 6) is -0.376. The number of fused-ring (bicyclic) bond motifs is 1. The first kappa shape index (κ1) is 21.7. The molecule has 0 aliphatic carbocycles. The molecule has 0 saturated heterocycles. The van der Waals surface area contributed by atoms with Crippen molar-refractivity contribution >= 4 is 27.0 Å². The normalized spacial score (nSPS) is 11.5. The molecule has 3 rings (SSSR count). The third kappa shape index (κ3) is 5.34. The Balaban J connectivity index is 1.62. The minimum atomic E-state index is -3.70. The highest BCUT2D eigenvalue weighted by molar-refractivity contribution is 7.89. The van der Waals surface area contributed by atoms with Gasteiger partial charge in [0, 0.05) is 24.1 Å². The van der Waals surface area contributed by atoms with Gasteiger partial charge < -0.3 is 9.15 Å². The summed E-state index contributed by atoms with van der Waals surface area (Å²) >= 11 is 0.